The highest BCUT2D eigenvalue weighted by atomic mass is 35.5. The van der Waals surface area contributed by atoms with Crippen molar-refractivity contribution < 1.29 is 23.6 Å². The maximum atomic E-state index is 13.4. The predicted molar refractivity (Wildman–Crippen MR) is 112 cm³/mol. The van der Waals surface area contributed by atoms with Crippen LogP contribution in [-0.4, -0.2) is 38.0 Å². The zero-order valence-electron chi connectivity index (χ0n) is 16.4. The first-order chi connectivity index (χ1) is 14.8. The number of halogens is 2. The molecule has 3 aromatic rings. The molecule has 4 rings (SSSR count). The average Bonchev–Trinajstić information content (AvgIpc) is 3.49. The average molecular weight is 465 g/mol. The van der Waals surface area contributed by atoms with Crippen LogP contribution in [0.2, 0.25) is 5.15 Å². The summed E-state index contributed by atoms with van der Waals surface area (Å²) in [6.45, 7) is 1.45. The van der Waals surface area contributed by atoms with Crippen LogP contribution < -0.4 is 4.90 Å². The number of benzene rings is 1. The second-order valence-electron chi connectivity index (χ2n) is 7.25. The van der Waals surface area contributed by atoms with E-state index in [0.29, 0.717) is 11.5 Å². The number of carbonyl (C=O) groups is 2. The lowest BCUT2D eigenvalue weighted by Crippen LogP contribution is -2.35. The summed E-state index contributed by atoms with van der Waals surface area (Å²) < 4.78 is 18.5. The Kier molecular flexibility index (Phi) is 6.01. The molecule has 0 saturated heterocycles. The third kappa shape index (κ3) is 4.31. The third-order valence-corrected chi connectivity index (χ3v) is 6.63. The third-order valence-electron chi connectivity index (χ3n) is 5.19. The number of carboxylic acid groups (broad SMARTS) is 1. The number of hydrogen-bond acceptors (Lipinski definition) is 8. The Balaban J connectivity index is 1.66. The molecule has 0 aliphatic heterocycles. The Hall–Kier alpha value is -2.85. The molecule has 1 fully saturated rings. The first-order valence-electron chi connectivity index (χ1n) is 9.67. The van der Waals surface area contributed by atoms with Gasteiger partial charge in [0.05, 0.1) is 0 Å². The van der Waals surface area contributed by atoms with Gasteiger partial charge >= 0.3 is 5.97 Å². The number of aromatic nitrogens is 3. The van der Waals surface area contributed by atoms with Crippen LogP contribution in [0.5, 0.6) is 0 Å². The van der Waals surface area contributed by atoms with Gasteiger partial charge in [-0.3, -0.25) is 4.79 Å². The van der Waals surface area contributed by atoms with Crippen LogP contribution in [0.4, 0.5) is 15.2 Å². The molecule has 0 bridgehead atoms. The zero-order valence-corrected chi connectivity index (χ0v) is 18.0. The Morgan fingerprint density at radius 2 is 1.94 bits per heavy atom. The summed E-state index contributed by atoms with van der Waals surface area (Å²) in [5.41, 5.74) is 0.391. The van der Waals surface area contributed by atoms with Gasteiger partial charge in [0, 0.05) is 11.6 Å². The van der Waals surface area contributed by atoms with Gasteiger partial charge in [-0.15, -0.1) is 0 Å². The number of ketones is 1. The minimum absolute atomic E-state index is 0.0583. The molecular weight excluding hydrogens is 447 g/mol. The SMILES string of the molecule is CC(C(=O)O)N(c1ccc(F)cc1)c1nc(Cl)c(C(=O)c2nc(C3CCCC3)no2)s1. The lowest BCUT2D eigenvalue weighted by Gasteiger charge is -2.25. The van der Waals surface area contributed by atoms with E-state index in [0.717, 1.165) is 37.0 Å². The Morgan fingerprint density at radius 1 is 1.26 bits per heavy atom. The number of nitrogens with zero attached hydrogens (tertiary/aromatic N) is 4. The molecule has 31 heavy (non-hydrogen) atoms. The van der Waals surface area contributed by atoms with E-state index in [1.54, 1.807) is 0 Å². The number of carboxylic acids is 1. The van der Waals surface area contributed by atoms with E-state index >= 15 is 0 Å². The van der Waals surface area contributed by atoms with Gasteiger partial charge in [-0.25, -0.2) is 14.2 Å². The highest BCUT2D eigenvalue weighted by Crippen LogP contribution is 2.37. The lowest BCUT2D eigenvalue weighted by molar-refractivity contribution is -0.138. The van der Waals surface area contributed by atoms with Crippen LogP contribution in [-0.2, 0) is 4.79 Å². The smallest absolute Gasteiger partial charge is 0.326 e. The fraction of sp³-hybridized carbons (Fsp3) is 0.350. The molecule has 1 N–H and O–H groups in total. The zero-order chi connectivity index (χ0) is 22.1. The van der Waals surface area contributed by atoms with Crippen LogP contribution >= 0.6 is 22.9 Å². The van der Waals surface area contributed by atoms with Crippen LogP contribution in [0, 0.1) is 5.82 Å². The van der Waals surface area contributed by atoms with E-state index in [-0.39, 0.29) is 27.0 Å². The van der Waals surface area contributed by atoms with Crippen LogP contribution in [0.25, 0.3) is 0 Å². The fourth-order valence-corrected chi connectivity index (χ4v) is 4.84. The molecule has 1 aliphatic carbocycles. The van der Waals surface area contributed by atoms with Gasteiger partial charge in [0.1, 0.15) is 16.7 Å². The Bertz CT molecular complexity index is 1110. The largest absolute Gasteiger partial charge is 0.480 e. The number of rotatable bonds is 7. The second kappa shape index (κ2) is 8.72. The van der Waals surface area contributed by atoms with Crippen molar-refractivity contribution in [2.75, 3.05) is 4.90 Å². The molecule has 1 aromatic carbocycles. The molecule has 8 nitrogen and oxygen atoms in total. The fourth-order valence-electron chi connectivity index (χ4n) is 3.52. The normalized spacial score (nSPS) is 15.2. The molecule has 0 radical (unpaired) electrons. The standard InChI is InChI=1S/C20H18ClFN4O4S/c1-10(19(28)29)26(13-8-6-12(22)7-9-13)20-23-16(21)15(31-20)14(27)18-24-17(25-30-18)11-4-2-3-5-11/h6-11H,2-5H2,1H3,(H,28,29). The number of anilines is 2. The van der Waals surface area contributed by atoms with Gasteiger partial charge in [-0.2, -0.15) is 4.98 Å². The van der Waals surface area contributed by atoms with Crippen LogP contribution in [0.3, 0.4) is 0 Å². The van der Waals surface area contributed by atoms with Crippen molar-refractivity contribution in [2.24, 2.45) is 0 Å². The molecule has 1 aliphatic rings. The second-order valence-corrected chi connectivity index (χ2v) is 8.58. The van der Waals surface area contributed by atoms with Gasteiger partial charge in [0.2, 0.25) is 0 Å². The molecule has 1 atom stereocenters. The van der Waals surface area contributed by atoms with Crippen LogP contribution in [0.15, 0.2) is 28.8 Å². The van der Waals surface area contributed by atoms with E-state index in [4.69, 9.17) is 16.1 Å². The molecule has 0 spiro atoms. The molecule has 0 amide bonds. The minimum Gasteiger partial charge on any atom is -0.480 e. The summed E-state index contributed by atoms with van der Waals surface area (Å²) in [7, 11) is 0. The molecule has 2 heterocycles. The quantitative estimate of drug-likeness (QED) is 0.495. The van der Waals surface area contributed by atoms with E-state index in [2.05, 4.69) is 15.1 Å². The summed E-state index contributed by atoms with van der Waals surface area (Å²) in [5, 5.41) is 13.5. The summed E-state index contributed by atoms with van der Waals surface area (Å²) in [6.07, 6.45) is 4.09. The van der Waals surface area contributed by atoms with Crippen molar-refractivity contribution in [3.8, 4) is 0 Å². The van der Waals surface area contributed by atoms with Gasteiger partial charge in [0.25, 0.3) is 11.7 Å². The molecule has 2 aromatic heterocycles. The first kappa shape index (κ1) is 21.4. The van der Waals surface area contributed by atoms with E-state index in [1.807, 2.05) is 0 Å². The number of aliphatic carboxylic acids is 1. The van der Waals surface area contributed by atoms with Crippen molar-refractivity contribution in [2.45, 2.75) is 44.6 Å². The van der Waals surface area contributed by atoms with Gasteiger partial charge in [0.15, 0.2) is 16.1 Å². The van der Waals surface area contributed by atoms with Gasteiger partial charge < -0.3 is 14.5 Å². The lowest BCUT2D eigenvalue weighted by atomic mass is 10.1. The van der Waals surface area contributed by atoms with Crippen molar-refractivity contribution in [3.05, 3.63) is 51.8 Å². The van der Waals surface area contributed by atoms with Crippen molar-refractivity contribution >= 4 is 45.5 Å². The minimum atomic E-state index is -1.12. The highest BCUT2D eigenvalue weighted by Gasteiger charge is 2.31. The molecule has 11 heteroatoms. The number of hydrogen-bond donors (Lipinski definition) is 1. The van der Waals surface area contributed by atoms with Crippen LogP contribution in [0.1, 0.15) is 59.9 Å². The Morgan fingerprint density at radius 3 is 2.58 bits per heavy atom. The van der Waals surface area contributed by atoms with Gasteiger partial charge in [-0.1, -0.05) is 40.9 Å². The predicted octanol–water partition coefficient (Wildman–Crippen LogP) is 4.82. The molecular formula is C20H18ClFN4O4S. The van der Waals surface area contributed by atoms with Crippen molar-refractivity contribution in [3.63, 3.8) is 0 Å². The van der Waals surface area contributed by atoms with Crippen molar-refractivity contribution in [1.29, 1.82) is 0 Å². The summed E-state index contributed by atoms with van der Waals surface area (Å²) in [6, 6.07) is 4.23. The topological polar surface area (TPSA) is 109 Å². The number of thiazole rings is 1. The molecule has 1 unspecified atom stereocenters. The van der Waals surface area contributed by atoms with Crippen molar-refractivity contribution in [1.82, 2.24) is 15.1 Å². The summed E-state index contributed by atoms with van der Waals surface area (Å²) in [5.74, 6) is -1.65. The van der Waals surface area contributed by atoms with E-state index < -0.39 is 23.6 Å². The summed E-state index contributed by atoms with van der Waals surface area (Å²) in [4.78, 5) is 34.4. The maximum Gasteiger partial charge on any atom is 0.326 e. The van der Waals surface area contributed by atoms with E-state index in [1.165, 1.54) is 36.1 Å². The first-order valence-corrected chi connectivity index (χ1v) is 10.9. The highest BCUT2D eigenvalue weighted by molar-refractivity contribution is 7.18. The molecule has 162 valence electrons. The van der Waals surface area contributed by atoms with Gasteiger partial charge in [-0.05, 0) is 44.0 Å². The molecule has 1 saturated carbocycles. The maximum absolute atomic E-state index is 13.4. The Labute approximate surface area is 185 Å². The van der Waals surface area contributed by atoms with E-state index in [9.17, 15) is 19.1 Å². The summed E-state index contributed by atoms with van der Waals surface area (Å²) >= 11 is 7.12. The number of carbonyl (C=O) groups excluding carboxylic acids is 1. The monoisotopic (exact) mass is 464 g/mol.